The predicted molar refractivity (Wildman–Crippen MR) is 54.5 cm³/mol. The molecule has 0 aromatic carbocycles. The lowest BCUT2D eigenvalue weighted by molar-refractivity contribution is -0.139. The number of allylic oxidation sites excluding steroid dienone is 1. The van der Waals surface area contributed by atoms with Crippen LogP contribution < -0.4 is 0 Å². The average molecular weight is 184 g/mol. The number of carbonyl (C=O) groups excluding carboxylic acids is 1. The number of hydrogen-bond acceptors (Lipinski definition) is 2. The van der Waals surface area contributed by atoms with Crippen LogP contribution in [0.3, 0.4) is 0 Å². The molecule has 0 aliphatic rings. The van der Waals surface area contributed by atoms with Crippen molar-refractivity contribution in [1.29, 1.82) is 0 Å². The Bertz CT molecular complexity index is 183. The molecule has 0 radical (unpaired) electrons. The van der Waals surface area contributed by atoms with E-state index < -0.39 is 0 Å². The van der Waals surface area contributed by atoms with Gasteiger partial charge in [-0.15, -0.1) is 0 Å². The van der Waals surface area contributed by atoms with Crippen molar-refractivity contribution in [3.05, 3.63) is 11.6 Å². The second-order valence-electron chi connectivity index (χ2n) is 3.41. The topological polar surface area (TPSA) is 26.3 Å². The Hall–Kier alpha value is -0.790. The third kappa shape index (κ3) is 5.45. The molecule has 1 unspecified atom stereocenters. The van der Waals surface area contributed by atoms with Gasteiger partial charge in [0.05, 0.1) is 6.61 Å². The largest absolute Gasteiger partial charge is 0.462 e. The van der Waals surface area contributed by atoms with Crippen molar-refractivity contribution < 1.29 is 9.53 Å². The quantitative estimate of drug-likeness (QED) is 0.485. The van der Waals surface area contributed by atoms with Gasteiger partial charge in [0.2, 0.25) is 0 Å². The fourth-order valence-electron chi connectivity index (χ4n) is 0.789. The van der Waals surface area contributed by atoms with Crippen molar-refractivity contribution in [2.75, 3.05) is 6.61 Å². The van der Waals surface area contributed by atoms with Crippen molar-refractivity contribution in [1.82, 2.24) is 0 Å². The summed E-state index contributed by atoms with van der Waals surface area (Å²) in [5.41, 5.74) is 0.684. The molecule has 0 aliphatic heterocycles. The number of ether oxygens (including phenoxy) is 1. The van der Waals surface area contributed by atoms with E-state index in [1.807, 2.05) is 6.92 Å². The van der Waals surface area contributed by atoms with Crippen LogP contribution in [0.15, 0.2) is 11.6 Å². The van der Waals surface area contributed by atoms with E-state index in [1.54, 1.807) is 13.0 Å². The molecule has 1 atom stereocenters. The summed E-state index contributed by atoms with van der Waals surface area (Å²) in [7, 11) is 0. The first kappa shape index (κ1) is 12.2. The van der Waals surface area contributed by atoms with Gasteiger partial charge in [-0.2, -0.15) is 0 Å². The van der Waals surface area contributed by atoms with Crippen LogP contribution in [-0.2, 0) is 9.53 Å². The molecule has 2 nitrogen and oxygen atoms in total. The van der Waals surface area contributed by atoms with E-state index in [-0.39, 0.29) is 5.97 Å². The maximum atomic E-state index is 11.2. The summed E-state index contributed by atoms with van der Waals surface area (Å²) in [6.07, 6.45) is 3.87. The van der Waals surface area contributed by atoms with Gasteiger partial charge < -0.3 is 4.74 Å². The van der Waals surface area contributed by atoms with E-state index in [0.29, 0.717) is 18.1 Å². The molecule has 76 valence electrons. The minimum absolute atomic E-state index is 0.189. The van der Waals surface area contributed by atoms with Gasteiger partial charge in [0, 0.05) is 5.57 Å². The highest BCUT2D eigenvalue weighted by Crippen LogP contribution is 2.06. The molecule has 0 bridgehead atoms. The van der Waals surface area contributed by atoms with Crippen LogP contribution in [-0.4, -0.2) is 12.6 Å². The number of carbonyl (C=O) groups is 1. The van der Waals surface area contributed by atoms with Crippen molar-refractivity contribution in [3.63, 3.8) is 0 Å². The van der Waals surface area contributed by atoms with E-state index in [2.05, 4.69) is 13.8 Å². The summed E-state index contributed by atoms with van der Waals surface area (Å²) in [5.74, 6) is 0.449. The molecular formula is C11H20O2. The van der Waals surface area contributed by atoms with Gasteiger partial charge >= 0.3 is 5.97 Å². The molecule has 0 aromatic rings. The van der Waals surface area contributed by atoms with Crippen LogP contribution in [0.2, 0.25) is 0 Å². The number of esters is 1. The lowest BCUT2D eigenvalue weighted by Gasteiger charge is -2.08. The Kier molecular flexibility index (Phi) is 6.29. The standard InChI is InChI=1S/C11H20O2/c1-5-9(3)7-8-13-11(12)10(4)6-2/h6,9H,5,7-8H2,1-4H3. The zero-order chi connectivity index (χ0) is 10.3. The third-order valence-electron chi connectivity index (χ3n) is 2.30. The highest BCUT2D eigenvalue weighted by molar-refractivity contribution is 5.87. The first-order valence-electron chi connectivity index (χ1n) is 4.91. The lowest BCUT2D eigenvalue weighted by Crippen LogP contribution is -2.09. The summed E-state index contributed by atoms with van der Waals surface area (Å²) in [6, 6.07) is 0. The van der Waals surface area contributed by atoms with Crippen molar-refractivity contribution >= 4 is 5.97 Å². The van der Waals surface area contributed by atoms with E-state index >= 15 is 0 Å². The number of hydrogen-bond donors (Lipinski definition) is 0. The smallest absolute Gasteiger partial charge is 0.333 e. The van der Waals surface area contributed by atoms with Gasteiger partial charge in [-0.05, 0) is 26.2 Å². The van der Waals surface area contributed by atoms with Crippen LogP contribution in [0.4, 0.5) is 0 Å². The lowest BCUT2D eigenvalue weighted by atomic mass is 10.1. The molecule has 0 aliphatic carbocycles. The maximum absolute atomic E-state index is 11.2. The molecule has 2 heteroatoms. The Morgan fingerprint density at radius 2 is 2.15 bits per heavy atom. The van der Waals surface area contributed by atoms with Crippen LogP contribution in [0, 0.1) is 5.92 Å². The van der Waals surface area contributed by atoms with Gasteiger partial charge in [0.15, 0.2) is 0 Å². The van der Waals surface area contributed by atoms with E-state index in [4.69, 9.17) is 4.74 Å². The van der Waals surface area contributed by atoms with Crippen LogP contribution in [0.1, 0.15) is 40.5 Å². The molecule has 0 rings (SSSR count). The first-order chi connectivity index (χ1) is 6.11. The van der Waals surface area contributed by atoms with E-state index in [0.717, 1.165) is 12.8 Å². The highest BCUT2D eigenvalue weighted by Gasteiger charge is 2.05. The van der Waals surface area contributed by atoms with E-state index in [9.17, 15) is 4.79 Å². The molecule has 0 saturated heterocycles. The minimum atomic E-state index is -0.189. The molecule has 0 spiro atoms. The Balaban J connectivity index is 3.60. The zero-order valence-electron chi connectivity index (χ0n) is 9.09. The fraction of sp³-hybridized carbons (Fsp3) is 0.727. The Labute approximate surface area is 81.0 Å². The molecule has 13 heavy (non-hydrogen) atoms. The molecule has 0 fully saturated rings. The molecule has 0 aromatic heterocycles. The highest BCUT2D eigenvalue weighted by atomic mass is 16.5. The van der Waals surface area contributed by atoms with Crippen LogP contribution in [0.25, 0.3) is 0 Å². The second kappa shape index (κ2) is 6.70. The normalized spacial score (nSPS) is 14.0. The maximum Gasteiger partial charge on any atom is 0.333 e. The summed E-state index contributed by atoms with van der Waals surface area (Å²) in [5, 5.41) is 0. The summed E-state index contributed by atoms with van der Waals surface area (Å²) >= 11 is 0. The van der Waals surface area contributed by atoms with Gasteiger partial charge in [-0.3, -0.25) is 0 Å². The Morgan fingerprint density at radius 3 is 2.62 bits per heavy atom. The molecular weight excluding hydrogens is 164 g/mol. The fourth-order valence-corrected chi connectivity index (χ4v) is 0.789. The molecule has 0 N–H and O–H groups in total. The monoisotopic (exact) mass is 184 g/mol. The first-order valence-corrected chi connectivity index (χ1v) is 4.91. The van der Waals surface area contributed by atoms with Gasteiger partial charge in [-0.25, -0.2) is 4.79 Å². The second-order valence-corrected chi connectivity index (χ2v) is 3.41. The van der Waals surface area contributed by atoms with Gasteiger partial charge in [0.25, 0.3) is 0 Å². The minimum Gasteiger partial charge on any atom is -0.462 e. The van der Waals surface area contributed by atoms with Gasteiger partial charge in [-0.1, -0.05) is 26.3 Å². The van der Waals surface area contributed by atoms with Crippen LogP contribution >= 0.6 is 0 Å². The van der Waals surface area contributed by atoms with Crippen molar-refractivity contribution in [2.24, 2.45) is 5.92 Å². The van der Waals surface area contributed by atoms with Gasteiger partial charge in [0.1, 0.15) is 0 Å². The predicted octanol–water partition coefficient (Wildman–Crippen LogP) is 2.93. The van der Waals surface area contributed by atoms with Crippen molar-refractivity contribution in [3.8, 4) is 0 Å². The summed E-state index contributed by atoms with van der Waals surface area (Å²) in [6.45, 7) is 8.45. The van der Waals surface area contributed by atoms with E-state index in [1.165, 1.54) is 0 Å². The number of rotatable bonds is 5. The van der Waals surface area contributed by atoms with Crippen molar-refractivity contribution in [2.45, 2.75) is 40.5 Å². The zero-order valence-corrected chi connectivity index (χ0v) is 9.09. The molecule has 0 saturated carbocycles. The SMILES string of the molecule is CC=C(C)C(=O)OCCC(C)CC. The molecule has 0 amide bonds. The third-order valence-corrected chi connectivity index (χ3v) is 2.30. The van der Waals surface area contributed by atoms with Crippen LogP contribution in [0.5, 0.6) is 0 Å². The average Bonchev–Trinajstić information content (AvgIpc) is 2.15. The molecule has 0 heterocycles. The Morgan fingerprint density at radius 1 is 1.54 bits per heavy atom. The summed E-state index contributed by atoms with van der Waals surface area (Å²) in [4.78, 5) is 11.2. The summed E-state index contributed by atoms with van der Waals surface area (Å²) < 4.78 is 5.06.